The third-order valence-corrected chi connectivity index (χ3v) is 8.32. The minimum atomic E-state index is -3.43. The van der Waals surface area contributed by atoms with Gasteiger partial charge in [0.05, 0.1) is 27.4 Å². The Kier molecular flexibility index (Phi) is 7.32. The Labute approximate surface area is 205 Å². The van der Waals surface area contributed by atoms with Gasteiger partial charge < -0.3 is 15.2 Å². The summed E-state index contributed by atoms with van der Waals surface area (Å²) in [5.41, 5.74) is 3.08. The topological polar surface area (TPSA) is 128 Å². The van der Waals surface area contributed by atoms with E-state index in [1.165, 1.54) is 18.2 Å². The monoisotopic (exact) mass is 503 g/mol. The highest BCUT2D eigenvalue weighted by molar-refractivity contribution is 7.90. The smallest absolute Gasteiger partial charge is 0.335 e. The van der Waals surface area contributed by atoms with Crippen LogP contribution in [-0.4, -0.2) is 61.2 Å². The van der Waals surface area contributed by atoms with Gasteiger partial charge in [-0.1, -0.05) is 6.92 Å². The summed E-state index contributed by atoms with van der Waals surface area (Å²) < 4.78 is 31.4. The predicted octanol–water partition coefficient (Wildman–Crippen LogP) is 2.65. The molecule has 0 atom stereocenters. The first-order chi connectivity index (χ1) is 16.6. The van der Waals surface area contributed by atoms with Crippen LogP contribution in [0.5, 0.6) is 0 Å². The number of hydrogen-bond donors (Lipinski definition) is 2. The molecule has 2 N–H and O–H groups in total. The Morgan fingerprint density at radius 3 is 2.66 bits per heavy atom. The fourth-order valence-electron chi connectivity index (χ4n) is 5.15. The lowest BCUT2D eigenvalue weighted by Crippen LogP contribution is -2.40. The molecule has 10 heteroatoms. The second-order valence-electron chi connectivity index (χ2n) is 9.67. The number of benzene rings is 1. The quantitative estimate of drug-likeness (QED) is 0.530. The molecule has 2 aliphatic heterocycles. The molecule has 1 spiro atoms. The van der Waals surface area contributed by atoms with Crippen molar-refractivity contribution in [2.45, 2.75) is 63.3 Å². The summed E-state index contributed by atoms with van der Waals surface area (Å²) in [4.78, 5) is 24.7. The molecule has 2 aliphatic rings. The second kappa shape index (κ2) is 10.1. The van der Waals surface area contributed by atoms with Crippen molar-refractivity contribution in [3.8, 4) is 0 Å². The highest BCUT2D eigenvalue weighted by atomic mass is 32.2. The molecule has 35 heavy (non-hydrogen) atoms. The standard InChI is InChI=1S/C25H33N3O6S/c1-3-20-22-21(15-25(16-26-23(22)29)9-12-34-13-10-25)28(27-20)11-5-4-6-17-14-18(35(2,32)33)7-8-19(17)24(30)31/h7-8,14H,3-6,9-13,15-16H2,1-2H3,(H,26,29)(H,30,31). The molecule has 0 radical (unpaired) electrons. The average Bonchev–Trinajstić information content (AvgIpc) is 3.10. The van der Waals surface area contributed by atoms with Gasteiger partial charge in [-0.05, 0) is 74.1 Å². The van der Waals surface area contributed by atoms with E-state index in [0.717, 1.165) is 43.3 Å². The van der Waals surface area contributed by atoms with Gasteiger partial charge in [-0.3, -0.25) is 9.48 Å². The maximum atomic E-state index is 13.0. The molecule has 1 aromatic carbocycles. The number of carboxylic acids is 1. The van der Waals surface area contributed by atoms with Crippen molar-refractivity contribution in [2.75, 3.05) is 26.0 Å². The number of aryl methyl sites for hydroxylation is 3. The number of sulfone groups is 1. The van der Waals surface area contributed by atoms with Crippen molar-refractivity contribution < 1.29 is 27.9 Å². The molecule has 3 heterocycles. The van der Waals surface area contributed by atoms with E-state index in [9.17, 15) is 23.1 Å². The van der Waals surface area contributed by atoms with E-state index in [0.29, 0.717) is 56.7 Å². The zero-order chi connectivity index (χ0) is 25.2. The number of hydrogen-bond acceptors (Lipinski definition) is 6. The zero-order valence-electron chi connectivity index (χ0n) is 20.3. The molecule has 0 saturated carbocycles. The van der Waals surface area contributed by atoms with E-state index in [-0.39, 0.29) is 21.8 Å². The first kappa shape index (κ1) is 25.4. The number of nitrogens with one attached hydrogen (secondary N) is 1. The number of carboxylic acid groups (broad SMARTS) is 1. The molecule has 1 aromatic heterocycles. The second-order valence-corrected chi connectivity index (χ2v) is 11.7. The number of aromatic nitrogens is 2. The highest BCUT2D eigenvalue weighted by Gasteiger charge is 2.39. The Morgan fingerprint density at radius 1 is 1.26 bits per heavy atom. The molecule has 0 aliphatic carbocycles. The first-order valence-electron chi connectivity index (χ1n) is 12.1. The minimum Gasteiger partial charge on any atom is -0.478 e. The fraction of sp³-hybridized carbons (Fsp3) is 0.560. The van der Waals surface area contributed by atoms with Crippen molar-refractivity contribution >= 4 is 21.7 Å². The van der Waals surface area contributed by atoms with E-state index in [1.54, 1.807) is 0 Å². The van der Waals surface area contributed by atoms with Crippen molar-refractivity contribution in [1.29, 1.82) is 0 Å². The lowest BCUT2D eigenvalue weighted by atomic mass is 9.76. The van der Waals surface area contributed by atoms with Crippen LogP contribution in [-0.2, 0) is 40.4 Å². The average molecular weight is 504 g/mol. The Morgan fingerprint density at radius 2 is 2.00 bits per heavy atom. The van der Waals surface area contributed by atoms with E-state index < -0.39 is 15.8 Å². The minimum absolute atomic E-state index is 0.0234. The largest absolute Gasteiger partial charge is 0.478 e. The van der Waals surface area contributed by atoms with Crippen molar-refractivity contribution in [3.05, 3.63) is 46.3 Å². The Hall–Kier alpha value is -2.72. The van der Waals surface area contributed by atoms with Gasteiger partial charge in [0, 0.05) is 32.6 Å². The van der Waals surface area contributed by atoms with Crippen LogP contribution in [0.1, 0.15) is 70.3 Å². The number of unbranched alkanes of at least 4 members (excludes halogenated alkanes) is 1. The summed E-state index contributed by atoms with van der Waals surface area (Å²) in [5.74, 6) is -1.13. The zero-order valence-corrected chi connectivity index (χ0v) is 21.1. The lowest BCUT2D eigenvalue weighted by Gasteiger charge is -2.36. The molecule has 2 aromatic rings. The van der Waals surface area contributed by atoms with E-state index in [4.69, 9.17) is 9.84 Å². The van der Waals surface area contributed by atoms with Crippen molar-refractivity contribution in [2.24, 2.45) is 5.41 Å². The summed E-state index contributed by atoms with van der Waals surface area (Å²) in [6.07, 6.45) is 6.17. The van der Waals surface area contributed by atoms with Gasteiger partial charge in [0.1, 0.15) is 0 Å². The third-order valence-electron chi connectivity index (χ3n) is 7.21. The molecule has 1 saturated heterocycles. The van der Waals surface area contributed by atoms with Crippen LogP contribution in [0.15, 0.2) is 23.1 Å². The molecule has 9 nitrogen and oxygen atoms in total. The summed E-state index contributed by atoms with van der Waals surface area (Å²) in [6.45, 7) is 4.63. The number of aromatic carboxylic acids is 1. The first-order valence-corrected chi connectivity index (χ1v) is 14.0. The number of rotatable bonds is 8. The number of amides is 1. The third kappa shape index (κ3) is 5.43. The van der Waals surface area contributed by atoms with Crippen molar-refractivity contribution in [1.82, 2.24) is 15.1 Å². The normalized spacial score (nSPS) is 17.6. The Bertz CT molecular complexity index is 1230. The Balaban J connectivity index is 1.52. The lowest BCUT2D eigenvalue weighted by molar-refractivity contribution is 0.0152. The molecule has 1 fully saturated rings. The van der Waals surface area contributed by atoms with E-state index in [1.807, 2.05) is 11.6 Å². The predicted molar refractivity (Wildman–Crippen MR) is 130 cm³/mol. The van der Waals surface area contributed by atoms with E-state index in [2.05, 4.69) is 5.32 Å². The summed E-state index contributed by atoms with van der Waals surface area (Å²) >= 11 is 0. The van der Waals surface area contributed by atoms with Crippen LogP contribution in [0.25, 0.3) is 0 Å². The number of carbonyl (C=O) groups excluding carboxylic acids is 1. The molecular weight excluding hydrogens is 470 g/mol. The SMILES string of the molecule is CCc1nn(CCCCc2cc(S(C)(=O)=O)ccc2C(=O)O)c2c1C(=O)NCC1(CCOCC1)C2. The molecule has 190 valence electrons. The van der Waals surface area contributed by atoms with Crippen LogP contribution < -0.4 is 5.32 Å². The van der Waals surface area contributed by atoms with Crippen LogP contribution >= 0.6 is 0 Å². The van der Waals surface area contributed by atoms with Crippen LogP contribution in [0.2, 0.25) is 0 Å². The van der Waals surface area contributed by atoms with Gasteiger partial charge in [0.2, 0.25) is 0 Å². The van der Waals surface area contributed by atoms with Gasteiger partial charge in [0.25, 0.3) is 5.91 Å². The maximum Gasteiger partial charge on any atom is 0.335 e. The molecule has 1 amide bonds. The van der Waals surface area contributed by atoms with Crippen LogP contribution in [0.4, 0.5) is 0 Å². The number of carbonyl (C=O) groups is 2. The summed E-state index contributed by atoms with van der Waals surface area (Å²) in [7, 11) is -3.43. The summed E-state index contributed by atoms with van der Waals surface area (Å²) in [5, 5.41) is 17.4. The van der Waals surface area contributed by atoms with Gasteiger partial charge >= 0.3 is 5.97 Å². The molecule has 0 bridgehead atoms. The van der Waals surface area contributed by atoms with Gasteiger partial charge in [-0.15, -0.1) is 0 Å². The number of fused-ring (bicyclic) bond motifs is 1. The molecular formula is C25H33N3O6S. The molecule has 0 unspecified atom stereocenters. The van der Waals surface area contributed by atoms with Gasteiger partial charge in [0.15, 0.2) is 9.84 Å². The number of ether oxygens (including phenoxy) is 1. The van der Waals surface area contributed by atoms with Crippen LogP contribution in [0, 0.1) is 5.41 Å². The fourth-order valence-corrected chi connectivity index (χ4v) is 5.82. The summed E-state index contributed by atoms with van der Waals surface area (Å²) in [6, 6.07) is 4.17. The van der Waals surface area contributed by atoms with Gasteiger partial charge in [-0.2, -0.15) is 5.10 Å². The van der Waals surface area contributed by atoms with Gasteiger partial charge in [-0.25, -0.2) is 13.2 Å². The van der Waals surface area contributed by atoms with Crippen molar-refractivity contribution in [3.63, 3.8) is 0 Å². The molecule has 4 rings (SSSR count). The maximum absolute atomic E-state index is 13.0. The van der Waals surface area contributed by atoms with Crippen LogP contribution in [0.3, 0.4) is 0 Å². The highest BCUT2D eigenvalue weighted by Crippen LogP contribution is 2.37. The van der Waals surface area contributed by atoms with E-state index >= 15 is 0 Å². The number of nitrogens with zero attached hydrogens (tertiary/aromatic N) is 2.